The molecule has 0 saturated carbocycles. The topological polar surface area (TPSA) is 41.5 Å². The van der Waals surface area contributed by atoms with Crippen LogP contribution in [0.4, 0.5) is 0 Å². The second-order valence-corrected chi connectivity index (χ2v) is 3.77. The molecule has 0 fully saturated rings. The molecule has 0 amide bonds. The van der Waals surface area contributed by atoms with Crippen LogP contribution in [0.2, 0.25) is 0 Å². The number of hydrogen-bond donors (Lipinski definition) is 2. The van der Waals surface area contributed by atoms with E-state index in [0.717, 1.165) is 18.7 Å². The van der Waals surface area contributed by atoms with Gasteiger partial charge in [-0.1, -0.05) is 26.0 Å². The molecule has 0 spiro atoms. The maximum absolute atomic E-state index is 9.58. The Balaban J connectivity index is 2.35. The lowest BCUT2D eigenvalue weighted by Gasteiger charge is -2.13. The minimum atomic E-state index is -0.453. The molecule has 0 bridgehead atoms. The van der Waals surface area contributed by atoms with Crippen molar-refractivity contribution in [3.05, 3.63) is 29.8 Å². The first kappa shape index (κ1) is 13.0. The lowest BCUT2D eigenvalue weighted by Crippen LogP contribution is -2.31. The fourth-order valence-electron chi connectivity index (χ4n) is 1.42. The predicted molar refractivity (Wildman–Crippen MR) is 65.9 cm³/mol. The first-order valence-electron chi connectivity index (χ1n) is 5.86. The molecule has 1 unspecified atom stereocenters. The third-order valence-electron chi connectivity index (χ3n) is 2.38. The second-order valence-electron chi connectivity index (χ2n) is 3.77. The number of aryl methyl sites for hydroxylation is 1. The highest BCUT2D eigenvalue weighted by Gasteiger charge is 2.04. The molecule has 3 heteroatoms. The molecule has 90 valence electrons. The Bertz CT molecular complexity index is 302. The van der Waals surface area contributed by atoms with Gasteiger partial charge in [0.25, 0.3) is 0 Å². The smallest absolute Gasteiger partial charge is 0.119 e. The summed E-state index contributed by atoms with van der Waals surface area (Å²) in [5.41, 5.74) is 1.25. The molecule has 0 radical (unpaired) electrons. The van der Waals surface area contributed by atoms with Crippen LogP contribution in [0, 0.1) is 0 Å². The van der Waals surface area contributed by atoms with Crippen LogP contribution in [0.1, 0.15) is 19.4 Å². The van der Waals surface area contributed by atoms with Crippen molar-refractivity contribution in [2.45, 2.75) is 26.4 Å². The first-order chi connectivity index (χ1) is 7.76. The summed E-state index contributed by atoms with van der Waals surface area (Å²) < 4.78 is 5.52. The zero-order valence-corrected chi connectivity index (χ0v) is 10.1. The Morgan fingerprint density at radius 1 is 1.38 bits per heavy atom. The van der Waals surface area contributed by atoms with Gasteiger partial charge in [0.2, 0.25) is 0 Å². The van der Waals surface area contributed by atoms with Gasteiger partial charge in [0.15, 0.2) is 0 Å². The lowest BCUT2D eigenvalue weighted by molar-refractivity contribution is 0.107. The zero-order valence-electron chi connectivity index (χ0n) is 10.1. The highest BCUT2D eigenvalue weighted by Crippen LogP contribution is 2.13. The van der Waals surface area contributed by atoms with Gasteiger partial charge in [-0.05, 0) is 30.7 Å². The van der Waals surface area contributed by atoms with Crippen LogP contribution in [0.25, 0.3) is 0 Å². The summed E-state index contributed by atoms with van der Waals surface area (Å²) in [6.45, 7) is 5.89. The van der Waals surface area contributed by atoms with Crippen LogP contribution >= 0.6 is 0 Å². The summed E-state index contributed by atoms with van der Waals surface area (Å²) in [7, 11) is 0. The van der Waals surface area contributed by atoms with E-state index in [-0.39, 0.29) is 0 Å². The molecule has 0 aliphatic heterocycles. The van der Waals surface area contributed by atoms with E-state index in [1.165, 1.54) is 5.56 Å². The Labute approximate surface area is 97.4 Å². The Morgan fingerprint density at radius 2 is 2.19 bits per heavy atom. The van der Waals surface area contributed by atoms with Gasteiger partial charge < -0.3 is 15.2 Å². The Kier molecular flexibility index (Phi) is 5.90. The van der Waals surface area contributed by atoms with Gasteiger partial charge >= 0.3 is 0 Å². The zero-order chi connectivity index (χ0) is 11.8. The highest BCUT2D eigenvalue weighted by molar-refractivity contribution is 5.28. The quantitative estimate of drug-likeness (QED) is 0.737. The maximum atomic E-state index is 9.58. The van der Waals surface area contributed by atoms with Crippen molar-refractivity contribution in [3.8, 4) is 5.75 Å². The van der Waals surface area contributed by atoms with Gasteiger partial charge in [-0.15, -0.1) is 0 Å². The summed E-state index contributed by atoms with van der Waals surface area (Å²) in [6, 6.07) is 7.98. The summed E-state index contributed by atoms with van der Waals surface area (Å²) >= 11 is 0. The van der Waals surface area contributed by atoms with Gasteiger partial charge in [-0.2, -0.15) is 0 Å². The van der Waals surface area contributed by atoms with E-state index in [9.17, 15) is 5.11 Å². The summed E-state index contributed by atoms with van der Waals surface area (Å²) in [4.78, 5) is 0. The third kappa shape index (κ3) is 4.64. The SMILES string of the molecule is CCNCC(O)COc1cccc(CC)c1. The average Bonchev–Trinajstić information content (AvgIpc) is 2.34. The van der Waals surface area contributed by atoms with Crippen LogP contribution in [-0.4, -0.2) is 30.9 Å². The molecular formula is C13H21NO2. The Morgan fingerprint density at radius 3 is 2.88 bits per heavy atom. The van der Waals surface area contributed by atoms with Crippen molar-refractivity contribution in [2.24, 2.45) is 0 Å². The van der Waals surface area contributed by atoms with Crippen molar-refractivity contribution >= 4 is 0 Å². The minimum absolute atomic E-state index is 0.333. The second kappa shape index (κ2) is 7.25. The molecule has 2 N–H and O–H groups in total. The van der Waals surface area contributed by atoms with E-state index in [4.69, 9.17) is 4.74 Å². The van der Waals surface area contributed by atoms with Gasteiger partial charge in [0.05, 0.1) is 0 Å². The average molecular weight is 223 g/mol. The Hall–Kier alpha value is -1.06. The number of benzene rings is 1. The number of nitrogens with one attached hydrogen (secondary N) is 1. The van der Waals surface area contributed by atoms with E-state index in [1.54, 1.807) is 0 Å². The highest BCUT2D eigenvalue weighted by atomic mass is 16.5. The monoisotopic (exact) mass is 223 g/mol. The molecule has 16 heavy (non-hydrogen) atoms. The van der Waals surface area contributed by atoms with Crippen molar-refractivity contribution in [3.63, 3.8) is 0 Å². The first-order valence-corrected chi connectivity index (χ1v) is 5.86. The summed E-state index contributed by atoms with van der Waals surface area (Å²) in [5, 5.41) is 12.7. The molecule has 1 aromatic carbocycles. The summed E-state index contributed by atoms with van der Waals surface area (Å²) in [6.07, 6.45) is 0.544. The van der Waals surface area contributed by atoms with Crippen LogP contribution < -0.4 is 10.1 Å². The number of ether oxygens (including phenoxy) is 1. The lowest BCUT2D eigenvalue weighted by atomic mass is 10.2. The molecule has 3 nitrogen and oxygen atoms in total. The number of aliphatic hydroxyl groups excluding tert-OH is 1. The van der Waals surface area contributed by atoms with Crippen LogP contribution in [0.5, 0.6) is 5.75 Å². The van der Waals surface area contributed by atoms with Crippen LogP contribution in [-0.2, 0) is 6.42 Å². The number of rotatable bonds is 7. The van der Waals surface area contributed by atoms with E-state index in [1.807, 2.05) is 25.1 Å². The molecule has 0 aliphatic rings. The maximum Gasteiger partial charge on any atom is 0.119 e. The molecule has 0 aromatic heterocycles. The van der Waals surface area contributed by atoms with Crippen molar-refractivity contribution in [2.75, 3.05) is 19.7 Å². The van der Waals surface area contributed by atoms with E-state index in [2.05, 4.69) is 18.3 Å². The van der Waals surface area contributed by atoms with E-state index in [0.29, 0.717) is 13.2 Å². The largest absolute Gasteiger partial charge is 0.491 e. The minimum Gasteiger partial charge on any atom is -0.491 e. The van der Waals surface area contributed by atoms with Gasteiger partial charge in [-0.3, -0.25) is 0 Å². The van der Waals surface area contributed by atoms with Gasteiger partial charge in [0, 0.05) is 6.54 Å². The standard InChI is InChI=1S/C13H21NO2/c1-3-11-6-5-7-13(8-11)16-10-12(15)9-14-4-2/h5-8,12,14-15H,3-4,9-10H2,1-2H3. The fourth-order valence-corrected chi connectivity index (χ4v) is 1.42. The van der Waals surface area contributed by atoms with Gasteiger partial charge in [0.1, 0.15) is 18.5 Å². The van der Waals surface area contributed by atoms with Crippen molar-refractivity contribution in [1.29, 1.82) is 0 Å². The fraction of sp³-hybridized carbons (Fsp3) is 0.538. The number of hydrogen-bond acceptors (Lipinski definition) is 3. The van der Waals surface area contributed by atoms with Crippen molar-refractivity contribution in [1.82, 2.24) is 5.32 Å². The van der Waals surface area contributed by atoms with E-state index < -0.39 is 6.10 Å². The molecule has 0 aliphatic carbocycles. The number of aliphatic hydroxyl groups is 1. The van der Waals surface area contributed by atoms with E-state index >= 15 is 0 Å². The molecular weight excluding hydrogens is 202 g/mol. The molecule has 1 rings (SSSR count). The van der Waals surface area contributed by atoms with Crippen LogP contribution in [0.15, 0.2) is 24.3 Å². The normalized spacial score (nSPS) is 12.4. The third-order valence-corrected chi connectivity index (χ3v) is 2.38. The van der Waals surface area contributed by atoms with Gasteiger partial charge in [-0.25, -0.2) is 0 Å². The predicted octanol–water partition coefficient (Wildman–Crippen LogP) is 1.60. The number of likely N-dealkylation sites (N-methyl/N-ethyl adjacent to an activating group) is 1. The molecule has 0 heterocycles. The summed E-state index contributed by atoms with van der Waals surface area (Å²) in [5.74, 6) is 0.829. The molecule has 1 aromatic rings. The molecule has 0 saturated heterocycles. The van der Waals surface area contributed by atoms with Crippen molar-refractivity contribution < 1.29 is 9.84 Å². The molecule has 1 atom stereocenters. The van der Waals surface area contributed by atoms with Crippen LogP contribution in [0.3, 0.4) is 0 Å².